The number of nitrogens with zero attached hydrogens (tertiary/aromatic N) is 2. The summed E-state index contributed by atoms with van der Waals surface area (Å²) < 4.78 is 5.29. The summed E-state index contributed by atoms with van der Waals surface area (Å²) in [5.41, 5.74) is 0.686. The molecule has 2 fully saturated rings. The molecule has 8 heteroatoms. The van der Waals surface area contributed by atoms with E-state index in [9.17, 15) is 19.5 Å². The number of rotatable bonds is 5. The normalized spacial score (nSPS) is 21.0. The number of anilines is 1. The lowest BCUT2D eigenvalue weighted by molar-refractivity contribution is -0.151. The summed E-state index contributed by atoms with van der Waals surface area (Å²) in [6.07, 6.45) is 1.54. The average molecular weight is 381 g/mol. The highest BCUT2D eigenvalue weighted by Gasteiger charge is 2.42. The highest BCUT2D eigenvalue weighted by molar-refractivity contribution is 6.30. The van der Waals surface area contributed by atoms with Crippen LogP contribution in [0.2, 0.25) is 5.02 Å². The van der Waals surface area contributed by atoms with E-state index in [1.807, 2.05) is 0 Å². The SMILES string of the molecule is O=C(O)CN(C(=O)[C@H]1CCN(c2ccc(Cl)cc2)C1=O)C1CCOCC1. The number of carboxylic acids is 1. The van der Waals surface area contributed by atoms with Crippen molar-refractivity contribution in [3.63, 3.8) is 0 Å². The number of carboxylic acid groups (broad SMARTS) is 1. The molecule has 0 unspecified atom stereocenters. The van der Waals surface area contributed by atoms with Crippen molar-refractivity contribution in [2.45, 2.75) is 25.3 Å². The number of aliphatic carboxylic acids is 1. The number of amides is 2. The van der Waals surface area contributed by atoms with Crippen molar-refractivity contribution in [2.75, 3.05) is 31.2 Å². The van der Waals surface area contributed by atoms with E-state index in [1.54, 1.807) is 29.2 Å². The maximum Gasteiger partial charge on any atom is 0.323 e. The fraction of sp³-hybridized carbons (Fsp3) is 0.500. The number of carbonyl (C=O) groups is 3. The molecule has 7 nitrogen and oxygen atoms in total. The van der Waals surface area contributed by atoms with Crippen LogP contribution in [-0.4, -0.2) is 60.1 Å². The van der Waals surface area contributed by atoms with Crippen molar-refractivity contribution in [1.29, 1.82) is 0 Å². The second-order valence-corrected chi connectivity index (χ2v) is 6.95. The topological polar surface area (TPSA) is 87.2 Å². The molecule has 2 amide bonds. The van der Waals surface area contributed by atoms with Gasteiger partial charge in [-0.15, -0.1) is 0 Å². The third-order valence-electron chi connectivity index (χ3n) is 4.86. The number of carbonyl (C=O) groups excluding carboxylic acids is 2. The first-order valence-corrected chi connectivity index (χ1v) is 9.02. The van der Waals surface area contributed by atoms with Gasteiger partial charge in [0.05, 0.1) is 0 Å². The standard InChI is InChI=1S/C18H21ClN2O5/c19-12-1-3-13(4-2-12)20-8-5-15(17(20)24)18(25)21(11-16(22)23)14-6-9-26-10-7-14/h1-4,14-15H,5-11H2,(H,22,23)/t15-/m0/s1. The number of ether oxygens (including phenoxy) is 1. The van der Waals surface area contributed by atoms with Gasteiger partial charge in [-0.2, -0.15) is 0 Å². The Morgan fingerprint density at radius 3 is 2.46 bits per heavy atom. The summed E-state index contributed by atoms with van der Waals surface area (Å²) in [7, 11) is 0. The van der Waals surface area contributed by atoms with Crippen molar-refractivity contribution in [3.8, 4) is 0 Å². The molecule has 0 saturated carbocycles. The van der Waals surface area contributed by atoms with Crippen molar-refractivity contribution in [2.24, 2.45) is 5.92 Å². The van der Waals surface area contributed by atoms with Gasteiger partial charge in [0.1, 0.15) is 12.5 Å². The van der Waals surface area contributed by atoms with Crippen LogP contribution in [0.15, 0.2) is 24.3 Å². The average Bonchev–Trinajstić information content (AvgIpc) is 3.02. The smallest absolute Gasteiger partial charge is 0.323 e. The maximum absolute atomic E-state index is 13.0. The number of hydrogen-bond acceptors (Lipinski definition) is 4. The van der Waals surface area contributed by atoms with E-state index in [4.69, 9.17) is 16.3 Å². The Bertz CT molecular complexity index is 687. The Kier molecular flexibility index (Phi) is 5.78. The van der Waals surface area contributed by atoms with Gasteiger partial charge in [0.15, 0.2) is 0 Å². The van der Waals surface area contributed by atoms with E-state index < -0.39 is 24.3 Å². The quantitative estimate of drug-likeness (QED) is 0.787. The Morgan fingerprint density at radius 2 is 1.85 bits per heavy atom. The Labute approximate surface area is 156 Å². The van der Waals surface area contributed by atoms with Gasteiger partial charge in [-0.1, -0.05) is 11.6 Å². The Morgan fingerprint density at radius 1 is 1.19 bits per heavy atom. The molecular formula is C18H21ClN2O5. The zero-order valence-corrected chi connectivity index (χ0v) is 15.0. The first kappa shape index (κ1) is 18.7. The van der Waals surface area contributed by atoms with Crippen LogP contribution in [0.1, 0.15) is 19.3 Å². The summed E-state index contributed by atoms with van der Waals surface area (Å²) >= 11 is 5.88. The zero-order chi connectivity index (χ0) is 18.7. The summed E-state index contributed by atoms with van der Waals surface area (Å²) in [4.78, 5) is 39.9. The fourth-order valence-electron chi connectivity index (χ4n) is 3.52. The van der Waals surface area contributed by atoms with Crippen molar-refractivity contribution in [3.05, 3.63) is 29.3 Å². The number of hydrogen-bond donors (Lipinski definition) is 1. The largest absolute Gasteiger partial charge is 0.480 e. The predicted molar refractivity (Wildman–Crippen MR) is 95.1 cm³/mol. The van der Waals surface area contributed by atoms with Crippen LogP contribution in [0.3, 0.4) is 0 Å². The molecule has 0 spiro atoms. The van der Waals surface area contributed by atoms with Gasteiger partial charge in [-0.05, 0) is 43.5 Å². The van der Waals surface area contributed by atoms with Crippen molar-refractivity contribution >= 4 is 35.1 Å². The maximum atomic E-state index is 13.0. The Balaban J connectivity index is 1.75. The van der Waals surface area contributed by atoms with Crippen LogP contribution in [-0.2, 0) is 19.1 Å². The molecule has 0 bridgehead atoms. The van der Waals surface area contributed by atoms with E-state index in [-0.39, 0.29) is 11.9 Å². The highest BCUT2D eigenvalue weighted by atomic mass is 35.5. The summed E-state index contributed by atoms with van der Waals surface area (Å²) in [5, 5.41) is 9.76. The minimum Gasteiger partial charge on any atom is -0.480 e. The molecule has 2 aliphatic rings. The van der Waals surface area contributed by atoms with Gasteiger partial charge < -0.3 is 19.6 Å². The van der Waals surface area contributed by atoms with Crippen LogP contribution < -0.4 is 4.90 Å². The predicted octanol–water partition coefficient (Wildman–Crippen LogP) is 1.79. The second kappa shape index (κ2) is 8.05. The summed E-state index contributed by atoms with van der Waals surface area (Å²) in [6, 6.07) is 6.65. The molecule has 1 aromatic carbocycles. The monoisotopic (exact) mass is 380 g/mol. The van der Waals surface area contributed by atoms with Crippen LogP contribution >= 0.6 is 11.6 Å². The van der Waals surface area contributed by atoms with Crippen LogP contribution in [0.5, 0.6) is 0 Å². The van der Waals surface area contributed by atoms with Gasteiger partial charge >= 0.3 is 5.97 Å². The highest BCUT2D eigenvalue weighted by Crippen LogP contribution is 2.29. The molecule has 0 radical (unpaired) electrons. The molecule has 1 aromatic rings. The molecule has 140 valence electrons. The van der Waals surface area contributed by atoms with E-state index in [0.717, 1.165) is 0 Å². The minimum absolute atomic E-state index is 0.204. The molecule has 26 heavy (non-hydrogen) atoms. The van der Waals surface area contributed by atoms with Gasteiger partial charge in [-0.25, -0.2) is 0 Å². The Hall–Kier alpha value is -2.12. The molecule has 3 rings (SSSR count). The molecule has 2 heterocycles. The van der Waals surface area contributed by atoms with Gasteiger partial charge in [0, 0.05) is 36.5 Å². The van der Waals surface area contributed by atoms with E-state index in [0.29, 0.717) is 49.7 Å². The van der Waals surface area contributed by atoms with E-state index in [2.05, 4.69) is 0 Å². The third-order valence-corrected chi connectivity index (χ3v) is 5.11. The second-order valence-electron chi connectivity index (χ2n) is 6.51. The van der Waals surface area contributed by atoms with Crippen LogP contribution in [0, 0.1) is 5.92 Å². The molecule has 1 N–H and O–H groups in total. The summed E-state index contributed by atoms with van der Waals surface area (Å²) in [6.45, 7) is 1.01. The molecule has 0 aliphatic carbocycles. The van der Waals surface area contributed by atoms with Crippen molar-refractivity contribution in [1.82, 2.24) is 4.90 Å². The number of benzene rings is 1. The first-order chi connectivity index (χ1) is 12.5. The zero-order valence-electron chi connectivity index (χ0n) is 14.3. The van der Waals surface area contributed by atoms with Crippen LogP contribution in [0.25, 0.3) is 0 Å². The van der Waals surface area contributed by atoms with Crippen LogP contribution in [0.4, 0.5) is 5.69 Å². The van der Waals surface area contributed by atoms with E-state index >= 15 is 0 Å². The molecule has 2 aliphatic heterocycles. The molecular weight excluding hydrogens is 360 g/mol. The summed E-state index contributed by atoms with van der Waals surface area (Å²) in [5.74, 6) is -2.61. The number of halogens is 1. The van der Waals surface area contributed by atoms with Gasteiger partial charge in [0.25, 0.3) is 0 Å². The molecule has 2 saturated heterocycles. The van der Waals surface area contributed by atoms with Gasteiger partial charge in [0.2, 0.25) is 11.8 Å². The lowest BCUT2D eigenvalue weighted by Crippen LogP contribution is -2.49. The fourth-order valence-corrected chi connectivity index (χ4v) is 3.64. The first-order valence-electron chi connectivity index (χ1n) is 8.64. The molecule has 1 atom stereocenters. The minimum atomic E-state index is -1.08. The lowest BCUT2D eigenvalue weighted by Gasteiger charge is -2.34. The lowest BCUT2D eigenvalue weighted by atomic mass is 10.0. The van der Waals surface area contributed by atoms with Crippen molar-refractivity contribution < 1.29 is 24.2 Å². The third kappa shape index (κ3) is 3.99. The van der Waals surface area contributed by atoms with E-state index in [1.165, 1.54) is 4.90 Å². The molecule has 0 aromatic heterocycles. The van der Waals surface area contributed by atoms with Gasteiger partial charge in [-0.3, -0.25) is 14.4 Å².